The van der Waals surface area contributed by atoms with Crippen molar-refractivity contribution in [3.63, 3.8) is 0 Å². The van der Waals surface area contributed by atoms with Crippen molar-refractivity contribution in [3.05, 3.63) is 35.9 Å². The quantitative estimate of drug-likeness (QED) is 0.500. The highest BCUT2D eigenvalue weighted by Gasteiger charge is 2.48. The van der Waals surface area contributed by atoms with E-state index in [1.165, 1.54) is 9.96 Å². The van der Waals surface area contributed by atoms with E-state index in [1.54, 1.807) is 0 Å². The molecular formula is C26H37N5O6. The fraction of sp³-hybridized carbons (Fsp3) is 0.615. The lowest BCUT2D eigenvalue weighted by Crippen LogP contribution is -2.55. The van der Waals surface area contributed by atoms with Gasteiger partial charge < -0.3 is 15.0 Å². The van der Waals surface area contributed by atoms with Gasteiger partial charge in [0.2, 0.25) is 5.91 Å². The Morgan fingerprint density at radius 3 is 2.30 bits per heavy atom. The molecule has 1 aromatic rings. The molecule has 37 heavy (non-hydrogen) atoms. The Morgan fingerprint density at radius 2 is 1.62 bits per heavy atom. The molecule has 3 aliphatic rings. The van der Waals surface area contributed by atoms with Crippen LogP contribution in [0.4, 0.5) is 9.59 Å². The van der Waals surface area contributed by atoms with Crippen LogP contribution in [0.15, 0.2) is 30.3 Å². The number of ether oxygens (including phenoxy) is 1. The Morgan fingerprint density at radius 1 is 0.946 bits per heavy atom. The summed E-state index contributed by atoms with van der Waals surface area (Å²) >= 11 is 0. The van der Waals surface area contributed by atoms with Crippen LogP contribution in [0.1, 0.15) is 64.9 Å². The number of benzene rings is 1. The molecule has 1 aliphatic carbocycles. The van der Waals surface area contributed by atoms with Gasteiger partial charge in [0.05, 0.1) is 6.04 Å². The first-order valence-electron chi connectivity index (χ1n) is 13.0. The third-order valence-electron chi connectivity index (χ3n) is 6.97. The van der Waals surface area contributed by atoms with Gasteiger partial charge in [-0.3, -0.25) is 25.3 Å². The Kier molecular flexibility index (Phi) is 8.21. The van der Waals surface area contributed by atoms with Gasteiger partial charge >= 0.3 is 12.1 Å². The summed E-state index contributed by atoms with van der Waals surface area (Å²) in [5.41, 5.74) is 5.44. The predicted octanol–water partition coefficient (Wildman–Crippen LogP) is 2.62. The Bertz CT molecular complexity index is 989. The molecule has 11 heteroatoms. The molecule has 0 aromatic heterocycles. The summed E-state index contributed by atoms with van der Waals surface area (Å²) in [6, 6.07) is 8.45. The van der Waals surface area contributed by atoms with Crippen LogP contribution in [0.3, 0.4) is 0 Å². The molecule has 5 amide bonds. The van der Waals surface area contributed by atoms with E-state index in [4.69, 9.17) is 9.57 Å². The van der Waals surface area contributed by atoms with Crippen molar-refractivity contribution >= 4 is 23.9 Å². The van der Waals surface area contributed by atoms with E-state index in [0.29, 0.717) is 45.1 Å². The number of rotatable bonds is 6. The lowest BCUT2D eigenvalue weighted by molar-refractivity contribution is -0.140. The monoisotopic (exact) mass is 515 g/mol. The standard InChI is InChI=1S/C26H37N5O6/c1-26(2,3)37-24(34)27-19-11-9-18(10-12-19)22(32)28-29-23(33)21-14-13-20-15-30(21)25(35)31(20)36-16-17-7-5-4-6-8-17/h4-8,18-21H,9-16H2,1-3H3,(H,27,34)(H,28,32)(H,29,33)/t18?,19?,20-,21-/m0/s1. The molecule has 2 aliphatic heterocycles. The third kappa shape index (κ3) is 6.91. The van der Waals surface area contributed by atoms with Gasteiger partial charge in [-0.25, -0.2) is 9.59 Å². The number of hydroxylamine groups is 2. The zero-order valence-electron chi connectivity index (χ0n) is 21.7. The summed E-state index contributed by atoms with van der Waals surface area (Å²) in [5.74, 6) is -0.938. The lowest BCUT2D eigenvalue weighted by Gasteiger charge is -2.31. The zero-order chi connectivity index (χ0) is 26.6. The number of hydrogen-bond donors (Lipinski definition) is 3. The Labute approximate surface area is 217 Å². The van der Waals surface area contributed by atoms with Crippen molar-refractivity contribution in [2.45, 2.75) is 89.6 Å². The smallest absolute Gasteiger partial charge is 0.407 e. The molecule has 3 N–H and O–H groups in total. The van der Waals surface area contributed by atoms with E-state index in [2.05, 4.69) is 16.2 Å². The fourth-order valence-corrected chi connectivity index (χ4v) is 5.07. The maximum atomic E-state index is 12.9. The molecule has 0 radical (unpaired) electrons. The Hall–Kier alpha value is -3.34. The SMILES string of the molecule is CC(C)(C)OC(=O)NC1CCC(C(=O)NNC(=O)[C@@H]2CC[C@H]3CN2C(=O)N3OCc2ccccc2)CC1. The normalized spacial score (nSPS) is 25.4. The zero-order valence-corrected chi connectivity index (χ0v) is 21.7. The number of piperidine rings is 1. The molecule has 0 spiro atoms. The van der Waals surface area contributed by atoms with Gasteiger partial charge in [-0.2, -0.15) is 5.06 Å². The van der Waals surface area contributed by atoms with Gasteiger partial charge in [-0.05, 0) is 64.9 Å². The second-order valence-electron chi connectivity index (χ2n) is 10.9. The van der Waals surface area contributed by atoms with Crippen molar-refractivity contribution in [1.82, 2.24) is 26.1 Å². The van der Waals surface area contributed by atoms with Crippen molar-refractivity contribution in [3.8, 4) is 0 Å². The average molecular weight is 516 g/mol. The Balaban J connectivity index is 1.19. The van der Waals surface area contributed by atoms with E-state index in [9.17, 15) is 19.2 Å². The van der Waals surface area contributed by atoms with E-state index >= 15 is 0 Å². The number of hydrazine groups is 1. The van der Waals surface area contributed by atoms with Gasteiger partial charge in [0.15, 0.2) is 0 Å². The molecule has 11 nitrogen and oxygen atoms in total. The molecule has 202 valence electrons. The third-order valence-corrected chi connectivity index (χ3v) is 6.97. The number of nitrogens with zero attached hydrogens (tertiary/aromatic N) is 2. The highest BCUT2D eigenvalue weighted by molar-refractivity contribution is 5.90. The summed E-state index contributed by atoms with van der Waals surface area (Å²) in [4.78, 5) is 57.7. The van der Waals surface area contributed by atoms with E-state index in [1.807, 2.05) is 51.1 Å². The minimum absolute atomic E-state index is 0.0445. The molecule has 2 heterocycles. The van der Waals surface area contributed by atoms with Crippen molar-refractivity contribution in [2.75, 3.05) is 6.54 Å². The molecular weight excluding hydrogens is 478 g/mol. The highest BCUT2D eigenvalue weighted by Crippen LogP contribution is 2.30. The van der Waals surface area contributed by atoms with Crippen LogP contribution in [0.25, 0.3) is 0 Å². The van der Waals surface area contributed by atoms with Crippen LogP contribution < -0.4 is 16.2 Å². The minimum atomic E-state index is -0.664. The first-order valence-corrected chi connectivity index (χ1v) is 13.0. The molecule has 2 bridgehead atoms. The number of urea groups is 1. The number of fused-ring (bicyclic) bond motifs is 2. The largest absolute Gasteiger partial charge is 0.444 e. The lowest BCUT2D eigenvalue weighted by atomic mass is 9.85. The summed E-state index contributed by atoms with van der Waals surface area (Å²) in [5, 5.41) is 4.23. The number of amides is 5. The molecule has 1 saturated carbocycles. The van der Waals surface area contributed by atoms with Gasteiger partial charge in [0.1, 0.15) is 18.2 Å². The molecule has 4 rings (SSSR count). The highest BCUT2D eigenvalue weighted by atomic mass is 16.7. The number of carbonyl (C=O) groups is 4. The molecule has 0 unspecified atom stereocenters. The van der Waals surface area contributed by atoms with Crippen LogP contribution in [-0.4, -0.2) is 64.2 Å². The average Bonchev–Trinajstić information content (AvgIpc) is 3.10. The van der Waals surface area contributed by atoms with Crippen LogP contribution in [0.5, 0.6) is 0 Å². The van der Waals surface area contributed by atoms with Crippen LogP contribution in [0.2, 0.25) is 0 Å². The molecule has 1 aromatic carbocycles. The second-order valence-corrected chi connectivity index (χ2v) is 10.9. The van der Waals surface area contributed by atoms with Crippen molar-refractivity contribution < 1.29 is 28.8 Å². The van der Waals surface area contributed by atoms with Gasteiger partial charge in [-0.15, -0.1) is 0 Å². The van der Waals surface area contributed by atoms with Gasteiger partial charge in [-0.1, -0.05) is 30.3 Å². The fourth-order valence-electron chi connectivity index (χ4n) is 5.07. The maximum Gasteiger partial charge on any atom is 0.407 e. The minimum Gasteiger partial charge on any atom is -0.444 e. The summed E-state index contributed by atoms with van der Waals surface area (Å²) in [6.45, 7) is 6.11. The summed E-state index contributed by atoms with van der Waals surface area (Å²) in [7, 11) is 0. The predicted molar refractivity (Wildman–Crippen MR) is 133 cm³/mol. The number of nitrogens with one attached hydrogen (secondary N) is 3. The second kappa shape index (κ2) is 11.4. The number of alkyl carbamates (subject to hydrolysis) is 1. The van der Waals surface area contributed by atoms with Gasteiger partial charge in [0.25, 0.3) is 5.91 Å². The first-order chi connectivity index (χ1) is 17.6. The van der Waals surface area contributed by atoms with Crippen LogP contribution in [-0.2, 0) is 25.8 Å². The van der Waals surface area contributed by atoms with E-state index in [-0.39, 0.29) is 36.5 Å². The maximum absolute atomic E-state index is 12.9. The van der Waals surface area contributed by atoms with Crippen molar-refractivity contribution in [2.24, 2.45) is 5.92 Å². The van der Waals surface area contributed by atoms with E-state index < -0.39 is 23.6 Å². The molecule has 2 saturated heterocycles. The topological polar surface area (TPSA) is 129 Å². The number of hydrogen-bond acceptors (Lipinski definition) is 6. The molecule has 3 fully saturated rings. The molecule has 2 atom stereocenters. The van der Waals surface area contributed by atoms with E-state index in [0.717, 1.165) is 5.56 Å². The van der Waals surface area contributed by atoms with Crippen LogP contribution in [0, 0.1) is 5.92 Å². The summed E-state index contributed by atoms with van der Waals surface area (Å²) < 4.78 is 5.29. The van der Waals surface area contributed by atoms with Gasteiger partial charge in [0, 0.05) is 18.5 Å². The summed E-state index contributed by atoms with van der Waals surface area (Å²) in [6.07, 6.45) is 3.15. The van der Waals surface area contributed by atoms with Crippen LogP contribution >= 0.6 is 0 Å². The first kappa shape index (κ1) is 26.7. The number of carbonyl (C=O) groups excluding carboxylic acids is 4. The van der Waals surface area contributed by atoms with Crippen molar-refractivity contribution in [1.29, 1.82) is 0 Å².